The molecule has 0 spiro atoms. The lowest BCUT2D eigenvalue weighted by Crippen LogP contribution is -2.71. The van der Waals surface area contributed by atoms with Crippen LogP contribution in [0.15, 0.2) is 42.5 Å². The molecular formula is C36H41NO7. The highest BCUT2D eigenvalue weighted by Gasteiger charge is 2.69. The lowest BCUT2D eigenvalue weighted by molar-refractivity contribution is -0.182. The molecule has 0 aliphatic heterocycles. The van der Waals surface area contributed by atoms with Gasteiger partial charge >= 0.3 is 0 Å². The summed E-state index contributed by atoms with van der Waals surface area (Å²) >= 11 is 0. The smallest absolute Gasteiger partial charge is 0.235 e. The fourth-order valence-electron chi connectivity index (χ4n) is 9.01. The van der Waals surface area contributed by atoms with Gasteiger partial charge in [-0.15, -0.1) is 0 Å². The molecule has 44 heavy (non-hydrogen) atoms. The zero-order valence-electron chi connectivity index (χ0n) is 25.3. The van der Waals surface area contributed by atoms with Crippen molar-refractivity contribution in [2.24, 2.45) is 53.1 Å². The van der Waals surface area contributed by atoms with Gasteiger partial charge in [0, 0.05) is 11.8 Å². The molecule has 6 atom stereocenters. The zero-order chi connectivity index (χ0) is 31.5. The van der Waals surface area contributed by atoms with Gasteiger partial charge < -0.3 is 15.9 Å². The van der Waals surface area contributed by atoms with Crippen LogP contribution in [0.3, 0.4) is 0 Å². The van der Waals surface area contributed by atoms with E-state index in [0.717, 1.165) is 49.7 Å². The van der Waals surface area contributed by atoms with Crippen molar-refractivity contribution in [1.29, 1.82) is 0 Å². The van der Waals surface area contributed by atoms with E-state index < -0.39 is 64.2 Å². The van der Waals surface area contributed by atoms with Crippen molar-refractivity contribution >= 4 is 29.0 Å². The molecule has 3 fully saturated rings. The molecule has 4 aliphatic rings. The Morgan fingerprint density at radius 3 is 2.18 bits per heavy atom. The third-order valence-corrected chi connectivity index (χ3v) is 11.1. The molecule has 2 unspecified atom stereocenters. The molecule has 2 aromatic rings. The topological polar surface area (TPSA) is 152 Å². The summed E-state index contributed by atoms with van der Waals surface area (Å²) in [6.07, 6.45) is 6.66. The number of ketones is 4. The highest BCUT2D eigenvalue weighted by molar-refractivity contribution is 6.31. The Labute approximate surface area is 257 Å². The number of rotatable bonds is 6. The number of phenols is 1. The highest BCUT2D eigenvalue weighted by Crippen LogP contribution is 2.53. The SMILES string of the molecule is CC(C)[C@@H]1C(=O)C(C(N)=O)C(=O)[C@@]2(O)C(=O)C3C(=O)c4c(O)ccc(CC5CCC(Cc6ccccc6)CC5)c4C[C@H]3C[C@@H]12. The maximum absolute atomic E-state index is 14.0. The van der Waals surface area contributed by atoms with Crippen molar-refractivity contribution in [3.05, 3.63) is 64.7 Å². The summed E-state index contributed by atoms with van der Waals surface area (Å²) in [6, 6.07) is 13.9. The standard InChI is InChI=1S/C36H41NO7/c1-18(2)27-25-17-23-16-24-22(15-21-10-8-20(9-11-21)14-19-6-4-3-5-7-19)12-13-26(38)29(24)32(40)28(23)33(41)36(25,44)34(42)30(31(27)39)35(37)43/h3-7,12-13,18,20-21,23,25,27-28,30,38,44H,8-11,14-17H2,1-2H3,(H2,37,43)/t20?,21?,23-,25-,27-,28?,30?,36-/m0/s1. The van der Waals surface area contributed by atoms with E-state index in [1.807, 2.05) is 12.1 Å². The Hall–Kier alpha value is -3.65. The molecule has 3 saturated carbocycles. The lowest BCUT2D eigenvalue weighted by atomic mass is 9.49. The Morgan fingerprint density at radius 2 is 1.57 bits per heavy atom. The summed E-state index contributed by atoms with van der Waals surface area (Å²) in [7, 11) is 0. The maximum atomic E-state index is 14.0. The molecule has 0 heterocycles. The number of aromatic hydroxyl groups is 1. The van der Waals surface area contributed by atoms with E-state index in [2.05, 4.69) is 24.3 Å². The number of carbonyl (C=O) groups is 5. The van der Waals surface area contributed by atoms with Crippen molar-refractivity contribution in [3.8, 4) is 5.75 Å². The van der Waals surface area contributed by atoms with Gasteiger partial charge in [-0.05, 0) is 97.8 Å². The Kier molecular flexibility index (Phi) is 7.85. The number of phenolic OH excluding ortho intramolecular Hbond substituents is 1. The van der Waals surface area contributed by atoms with Crippen molar-refractivity contribution in [1.82, 2.24) is 0 Å². The monoisotopic (exact) mass is 599 g/mol. The second-order valence-corrected chi connectivity index (χ2v) is 14.0. The van der Waals surface area contributed by atoms with Crippen LogP contribution >= 0.6 is 0 Å². The first-order chi connectivity index (χ1) is 20.9. The van der Waals surface area contributed by atoms with Gasteiger partial charge in [0.2, 0.25) is 5.91 Å². The third-order valence-electron chi connectivity index (χ3n) is 11.1. The fourth-order valence-corrected chi connectivity index (χ4v) is 9.01. The number of nitrogens with two attached hydrogens (primary N) is 1. The largest absolute Gasteiger partial charge is 0.507 e. The molecule has 0 bridgehead atoms. The minimum atomic E-state index is -2.66. The number of Topliss-reactive ketones (excluding diaryl/α,β-unsaturated/α-hetero) is 4. The molecule has 0 radical (unpaired) electrons. The van der Waals surface area contributed by atoms with E-state index >= 15 is 0 Å². The van der Waals surface area contributed by atoms with Crippen LogP contribution in [-0.2, 0) is 38.4 Å². The average Bonchev–Trinajstić information content (AvgIpc) is 2.97. The van der Waals surface area contributed by atoms with E-state index in [1.54, 1.807) is 13.8 Å². The molecule has 4 aliphatic carbocycles. The molecule has 8 heteroatoms. The number of hydrogen-bond acceptors (Lipinski definition) is 7. The summed E-state index contributed by atoms with van der Waals surface area (Å²) in [5.41, 5.74) is 5.90. The molecule has 8 nitrogen and oxygen atoms in total. The first kappa shape index (κ1) is 30.4. The summed E-state index contributed by atoms with van der Waals surface area (Å²) in [5.74, 6) is -10.0. The minimum absolute atomic E-state index is 0.0862. The van der Waals surface area contributed by atoms with Gasteiger partial charge in [0.1, 0.15) is 5.75 Å². The zero-order valence-corrected chi connectivity index (χ0v) is 25.3. The minimum Gasteiger partial charge on any atom is -0.507 e. The summed E-state index contributed by atoms with van der Waals surface area (Å²) in [6.45, 7) is 3.50. The number of primary amides is 1. The van der Waals surface area contributed by atoms with Crippen molar-refractivity contribution in [3.63, 3.8) is 0 Å². The molecular weight excluding hydrogens is 558 g/mol. The van der Waals surface area contributed by atoms with E-state index in [0.29, 0.717) is 18.3 Å². The van der Waals surface area contributed by atoms with Crippen LogP contribution in [0.1, 0.15) is 73.0 Å². The van der Waals surface area contributed by atoms with E-state index in [1.165, 1.54) is 11.6 Å². The van der Waals surface area contributed by atoms with Gasteiger partial charge in [-0.3, -0.25) is 24.0 Å². The predicted octanol–water partition coefficient (Wildman–Crippen LogP) is 3.80. The Balaban J connectivity index is 1.27. The van der Waals surface area contributed by atoms with E-state index in [4.69, 9.17) is 5.73 Å². The molecule has 0 saturated heterocycles. The summed E-state index contributed by atoms with van der Waals surface area (Å²) < 4.78 is 0. The van der Waals surface area contributed by atoms with Crippen molar-refractivity contribution in [2.75, 3.05) is 0 Å². The van der Waals surface area contributed by atoms with Crippen molar-refractivity contribution < 1.29 is 34.2 Å². The average molecular weight is 600 g/mol. The van der Waals surface area contributed by atoms with E-state index in [-0.39, 0.29) is 23.7 Å². The van der Waals surface area contributed by atoms with Crippen LogP contribution in [0.4, 0.5) is 0 Å². The first-order valence-corrected chi connectivity index (χ1v) is 16.0. The molecule has 1 amide bonds. The number of carbonyl (C=O) groups excluding carboxylic acids is 5. The Morgan fingerprint density at radius 1 is 0.932 bits per heavy atom. The summed E-state index contributed by atoms with van der Waals surface area (Å²) in [4.78, 5) is 67.0. The van der Waals surface area contributed by atoms with Gasteiger partial charge in [0.15, 0.2) is 34.7 Å². The van der Waals surface area contributed by atoms with Crippen LogP contribution < -0.4 is 5.73 Å². The van der Waals surface area contributed by atoms with Crippen LogP contribution in [-0.4, -0.2) is 44.9 Å². The number of hydrogen-bond donors (Lipinski definition) is 3. The van der Waals surface area contributed by atoms with Gasteiger partial charge in [0.25, 0.3) is 0 Å². The molecule has 6 rings (SSSR count). The van der Waals surface area contributed by atoms with Crippen LogP contribution in [0.25, 0.3) is 0 Å². The second kappa shape index (κ2) is 11.4. The molecule has 2 aromatic carbocycles. The molecule has 0 aromatic heterocycles. The van der Waals surface area contributed by atoms with Crippen LogP contribution in [0.2, 0.25) is 0 Å². The number of fused-ring (bicyclic) bond motifs is 3. The Bertz CT molecular complexity index is 1520. The van der Waals surface area contributed by atoms with Crippen LogP contribution in [0.5, 0.6) is 5.75 Å². The quantitative estimate of drug-likeness (QED) is 0.427. The number of amides is 1. The lowest BCUT2D eigenvalue weighted by Gasteiger charge is -2.52. The maximum Gasteiger partial charge on any atom is 0.235 e. The van der Waals surface area contributed by atoms with Gasteiger partial charge in [-0.25, -0.2) is 0 Å². The van der Waals surface area contributed by atoms with E-state index in [9.17, 15) is 34.2 Å². The predicted molar refractivity (Wildman–Crippen MR) is 162 cm³/mol. The van der Waals surface area contributed by atoms with Crippen molar-refractivity contribution in [2.45, 2.75) is 70.8 Å². The number of benzene rings is 2. The third kappa shape index (κ3) is 4.82. The first-order valence-electron chi connectivity index (χ1n) is 16.0. The van der Waals surface area contributed by atoms with Gasteiger partial charge in [0.05, 0.1) is 11.5 Å². The molecule has 232 valence electrons. The highest BCUT2D eigenvalue weighted by atomic mass is 16.3. The second-order valence-electron chi connectivity index (χ2n) is 14.0. The summed E-state index contributed by atoms with van der Waals surface area (Å²) in [5, 5.41) is 22.6. The molecule has 4 N–H and O–H groups in total. The fraction of sp³-hybridized carbons (Fsp3) is 0.528. The normalized spacial score (nSPS) is 33.5. The van der Waals surface area contributed by atoms with Gasteiger partial charge in [-0.1, -0.05) is 50.2 Å². The number of aliphatic hydroxyl groups is 1. The van der Waals surface area contributed by atoms with Crippen LogP contribution in [0, 0.1) is 47.3 Å². The van der Waals surface area contributed by atoms with Gasteiger partial charge in [-0.2, -0.15) is 0 Å².